The fourth-order valence-corrected chi connectivity index (χ4v) is 5.48. The van der Waals surface area contributed by atoms with Gasteiger partial charge in [-0.3, -0.25) is 9.69 Å². The Hall–Kier alpha value is -1.57. The van der Waals surface area contributed by atoms with Gasteiger partial charge >= 0.3 is 0 Å². The van der Waals surface area contributed by atoms with Crippen LogP contribution in [0.4, 0.5) is 11.4 Å². The Morgan fingerprint density at radius 1 is 0.889 bits per heavy atom. The smallest absolute Gasteiger partial charge is 0.274 e. The summed E-state index contributed by atoms with van der Waals surface area (Å²) in [7, 11) is -3.54. The van der Waals surface area contributed by atoms with Gasteiger partial charge in [0, 0.05) is 33.1 Å². The highest BCUT2D eigenvalue weighted by Crippen LogP contribution is 2.36. The maximum Gasteiger partial charge on any atom is 0.274 e. The first-order valence-electron chi connectivity index (χ1n) is 7.51. The predicted molar refractivity (Wildman–Crippen MR) is 112 cm³/mol. The fourth-order valence-electron chi connectivity index (χ4n) is 2.39. The number of amides is 1. The minimum atomic E-state index is -3.54. The molecule has 0 atom stereocenters. The lowest BCUT2D eigenvalue weighted by Crippen LogP contribution is -2.25. The molecular weight excluding hydrogens is 449 g/mol. The van der Waals surface area contributed by atoms with Crippen LogP contribution in [-0.2, 0) is 9.84 Å². The fraction of sp³-hybridized carbons (Fsp3) is 0.0556. The Morgan fingerprint density at radius 2 is 1.33 bits per heavy atom. The van der Waals surface area contributed by atoms with Gasteiger partial charge < -0.3 is 0 Å². The van der Waals surface area contributed by atoms with Crippen LogP contribution in [0.5, 0.6) is 0 Å². The Balaban J connectivity index is 2.13. The summed E-state index contributed by atoms with van der Waals surface area (Å²) in [6.07, 6.45) is 1.05. The van der Waals surface area contributed by atoms with Crippen molar-refractivity contribution in [2.24, 2.45) is 0 Å². The molecule has 0 aliphatic carbocycles. The average Bonchev–Trinajstić information content (AvgIpc) is 3.00. The van der Waals surface area contributed by atoms with Crippen LogP contribution in [0.25, 0.3) is 0 Å². The van der Waals surface area contributed by atoms with Gasteiger partial charge in [-0.15, -0.1) is 11.3 Å². The van der Waals surface area contributed by atoms with Crippen LogP contribution in [0.3, 0.4) is 0 Å². The monoisotopic (exact) mass is 459 g/mol. The van der Waals surface area contributed by atoms with E-state index in [1.807, 2.05) is 0 Å². The largest absolute Gasteiger partial charge is 0.276 e. The van der Waals surface area contributed by atoms with Gasteiger partial charge in [0.2, 0.25) is 0 Å². The van der Waals surface area contributed by atoms with Gasteiger partial charge in [0.15, 0.2) is 9.84 Å². The highest BCUT2D eigenvalue weighted by Gasteiger charge is 2.27. The van der Waals surface area contributed by atoms with E-state index >= 15 is 0 Å². The number of carbonyl (C=O) groups is 1. The summed E-state index contributed by atoms with van der Waals surface area (Å²) in [6.45, 7) is 0. The molecule has 1 amide bonds. The van der Waals surface area contributed by atoms with Gasteiger partial charge in [0.25, 0.3) is 5.91 Å². The standard InChI is InChI=1S/C18H12Cl3NO3S2/c1-27(24,25)15-10-26-17(16(15)21)18(23)22(13-6-2-11(19)3-7-13)14-8-4-12(20)5-9-14/h2-10H,1H3. The third-order valence-electron chi connectivity index (χ3n) is 3.67. The predicted octanol–water partition coefficient (Wildman–Crippen LogP) is 6.09. The lowest BCUT2D eigenvalue weighted by Gasteiger charge is -2.23. The molecule has 3 rings (SSSR count). The number of halogens is 3. The molecule has 1 aromatic heterocycles. The molecule has 0 spiro atoms. The first-order chi connectivity index (χ1) is 12.7. The summed E-state index contributed by atoms with van der Waals surface area (Å²) in [4.78, 5) is 14.8. The van der Waals surface area contributed by atoms with Crippen molar-refractivity contribution >= 4 is 73.3 Å². The minimum absolute atomic E-state index is 0.0651. The van der Waals surface area contributed by atoms with Gasteiger partial charge in [-0.1, -0.05) is 34.8 Å². The van der Waals surface area contributed by atoms with Crippen LogP contribution in [0, 0.1) is 0 Å². The molecule has 0 bridgehead atoms. The number of nitrogens with zero attached hydrogens (tertiary/aromatic N) is 1. The second-order valence-corrected chi connectivity index (χ2v) is 9.72. The maximum atomic E-state index is 13.3. The van der Waals surface area contributed by atoms with Crippen molar-refractivity contribution < 1.29 is 13.2 Å². The first kappa shape index (κ1) is 20.2. The molecule has 0 saturated carbocycles. The van der Waals surface area contributed by atoms with Gasteiger partial charge in [0.1, 0.15) is 4.88 Å². The molecule has 0 saturated heterocycles. The number of anilines is 2. The zero-order valence-electron chi connectivity index (χ0n) is 13.8. The van der Waals surface area contributed by atoms with Gasteiger partial charge in [-0.2, -0.15) is 0 Å². The van der Waals surface area contributed by atoms with Gasteiger partial charge in [-0.25, -0.2) is 8.42 Å². The van der Waals surface area contributed by atoms with Crippen molar-refractivity contribution in [3.63, 3.8) is 0 Å². The number of sulfone groups is 1. The van der Waals surface area contributed by atoms with E-state index in [4.69, 9.17) is 34.8 Å². The molecule has 9 heteroatoms. The maximum absolute atomic E-state index is 13.3. The van der Waals surface area contributed by atoms with Crippen LogP contribution in [0.2, 0.25) is 15.1 Å². The van der Waals surface area contributed by atoms with E-state index in [0.717, 1.165) is 17.6 Å². The zero-order chi connectivity index (χ0) is 19.8. The molecule has 0 fully saturated rings. The summed E-state index contributed by atoms with van der Waals surface area (Å²) in [5.74, 6) is -0.454. The minimum Gasteiger partial charge on any atom is -0.276 e. The molecule has 0 radical (unpaired) electrons. The summed E-state index contributed by atoms with van der Waals surface area (Å²) in [5, 5.41) is 2.33. The molecule has 0 aliphatic heterocycles. The van der Waals surface area contributed by atoms with Crippen molar-refractivity contribution in [1.29, 1.82) is 0 Å². The number of carbonyl (C=O) groups excluding carboxylic acids is 1. The van der Waals surface area contributed by atoms with Crippen molar-refractivity contribution in [2.75, 3.05) is 11.2 Å². The van der Waals surface area contributed by atoms with Gasteiger partial charge in [0.05, 0.1) is 9.92 Å². The number of benzene rings is 2. The van der Waals surface area contributed by atoms with E-state index in [0.29, 0.717) is 21.4 Å². The molecular formula is C18H12Cl3NO3S2. The average molecular weight is 461 g/mol. The summed E-state index contributed by atoms with van der Waals surface area (Å²) in [6, 6.07) is 13.4. The van der Waals surface area contributed by atoms with Gasteiger partial charge in [-0.05, 0) is 48.5 Å². The summed E-state index contributed by atoms with van der Waals surface area (Å²) < 4.78 is 23.7. The molecule has 0 aliphatic rings. The molecule has 1 heterocycles. The zero-order valence-corrected chi connectivity index (χ0v) is 17.7. The normalized spacial score (nSPS) is 11.4. The van der Waals surface area contributed by atoms with Crippen LogP contribution in [-0.4, -0.2) is 20.6 Å². The Labute approximate surface area is 175 Å². The van der Waals surface area contributed by atoms with Crippen LogP contribution < -0.4 is 4.90 Å². The molecule has 0 N–H and O–H groups in total. The molecule has 4 nitrogen and oxygen atoms in total. The Morgan fingerprint density at radius 3 is 1.70 bits per heavy atom. The van der Waals surface area contributed by atoms with E-state index in [1.165, 1.54) is 10.3 Å². The van der Waals surface area contributed by atoms with Crippen molar-refractivity contribution in [3.8, 4) is 0 Å². The third-order valence-corrected chi connectivity index (χ3v) is 7.02. The SMILES string of the molecule is CS(=O)(=O)c1csc(C(=O)N(c2ccc(Cl)cc2)c2ccc(Cl)cc2)c1Cl. The van der Waals surface area contributed by atoms with E-state index in [2.05, 4.69) is 0 Å². The van der Waals surface area contributed by atoms with Crippen LogP contribution >= 0.6 is 46.1 Å². The molecule has 0 unspecified atom stereocenters. The van der Waals surface area contributed by atoms with E-state index < -0.39 is 15.7 Å². The van der Waals surface area contributed by atoms with Crippen molar-refractivity contribution in [1.82, 2.24) is 0 Å². The third kappa shape index (κ3) is 4.31. The highest BCUT2D eigenvalue weighted by atomic mass is 35.5. The Kier molecular flexibility index (Phi) is 5.84. The second kappa shape index (κ2) is 7.81. The lowest BCUT2D eigenvalue weighted by atomic mass is 10.2. The molecule has 27 heavy (non-hydrogen) atoms. The van der Waals surface area contributed by atoms with E-state index in [9.17, 15) is 13.2 Å². The van der Waals surface area contributed by atoms with Crippen LogP contribution in [0.15, 0.2) is 58.8 Å². The first-order valence-corrected chi connectivity index (χ1v) is 11.4. The lowest BCUT2D eigenvalue weighted by molar-refractivity contribution is 0.100. The number of hydrogen-bond acceptors (Lipinski definition) is 4. The van der Waals surface area contributed by atoms with Crippen LogP contribution in [0.1, 0.15) is 9.67 Å². The topological polar surface area (TPSA) is 54.5 Å². The molecule has 140 valence electrons. The second-order valence-electron chi connectivity index (χ2n) is 5.61. The highest BCUT2D eigenvalue weighted by molar-refractivity contribution is 7.91. The van der Waals surface area contributed by atoms with E-state index in [1.54, 1.807) is 48.5 Å². The summed E-state index contributed by atoms with van der Waals surface area (Å²) in [5.41, 5.74) is 1.11. The Bertz CT molecular complexity index is 1050. The van der Waals surface area contributed by atoms with Crippen molar-refractivity contribution in [2.45, 2.75) is 4.90 Å². The number of hydrogen-bond donors (Lipinski definition) is 0. The quantitative estimate of drug-likeness (QED) is 0.473. The summed E-state index contributed by atoms with van der Waals surface area (Å²) >= 11 is 19.1. The number of thiophene rings is 1. The number of rotatable bonds is 4. The van der Waals surface area contributed by atoms with Crippen molar-refractivity contribution in [3.05, 3.63) is 73.9 Å². The molecule has 2 aromatic carbocycles. The molecule has 3 aromatic rings. The van der Waals surface area contributed by atoms with E-state index in [-0.39, 0.29) is 14.8 Å².